The van der Waals surface area contributed by atoms with Gasteiger partial charge in [-0.3, -0.25) is 4.79 Å². The monoisotopic (exact) mass is 372 g/mol. The van der Waals surface area contributed by atoms with Crippen LogP contribution in [0.2, 0.25) is 0 Å². The molecule has 2 aromatic rings. The summed E-state index contributed by atoms with van der Waals surface area (Å²) in [5.74, 6) is 0.789. The van der Waals surface area contributed by atoms with E-state index in [0.29, 0.717) is 23.9 Å². The van der Waals surface area contributed by atoms with Gasteiger partial charge in [-0.2, -0.15) is 15.0 Å². The molecule has 0 aliphatic carbocycles. The van der Waals surface area contributed by atoms with Crippen molar-refractivity contribution in [2.75, 3.05) is 58.8 Å². The van der Waals surface area contributed by atoms with Gasteiger partial charge >= 0.3 is 6.01 Å². The number of aliphatic hydroxyl groups is 1. The van der Waals surface area contributed by atoms with Gasteiger partial charge in [0.2, 0.25) is 5.95 Å². The normalized spacial score (nSPS) is 14.9. The molecular weight excluding hydrogens is 348 g/mol. The number of likely N-dealkylation sites (N-methyl/N-ethyl adjacent to an activating group) is 1. The third-order valence-corrected chi connectivity index (χ3v) is 4.37. The lowest BCUT2D eigenvalue weighted by atomic mass is 10.1. The summed E-state index contributed by atoms with van der Waals surface area (Å²) in [5, 5.41) is 11.8. The number of methoxy groups -OCH3 is 1. The van der Waals surface area contributed by atoms with E-state index in [4.69, 9.17) is 9.84 Å². The Labute approximate surface area is 158 Å². The molecule has 1 aliphatic rings. The Bertz CT molecular complexity index is 775. The van der Waals surface area contributed by atoms with Crippen molar-refractivity contribution < 1.29 is 14.6 Å². The lowest BCUT2D eigenvalue weighted by Crippen LogP contribution is -2.47. The fourth-order valence-electron chi connectivity index (χ4n) is 2.78. The summed E-state index contributed by atoms with van der Waals surface area (Å²) < 4.78 is 5.12. The molecular formula is C18H24N6O3. The Morgan fingerprint density at radius 2 is 1.85 bits per heavy atom. The number of amides is 1. The molecule has 1 saturated heterocycles. The number of carbonyl (C=O) groups is 1. The standard InChI is InChI=1S/C18H24N6O3/c1-23-8-10-24(11-9-23)16(26)14-5-3-13(4-6-14)15-20-17(19-7-12-25)22-18(21-15)27-2/h3-6,25H,7-12H2,1-2H3,(H,19,20,21,22). The van der Waals surface area contributed by atoms with Crippen LogP contribution in [0.4, 0.5) is 5.95 Å². The van der Waals surface area contributed by atoms with Gasteiger partial charge in [-0.1, -0.05) is 12.1 Å². The summed E-state index contributed by atoms with van der Waals surface area (Å²) in [4.78, 5) is 29.4. The first kappa shape index (κ1) is 19.0. The molecule has 1 amide bonds. The lowest BCUT2D eigenvalue weighted by Gasteiger charge is -2.32. The zero-order chi connectivity index (χ0) is 19.2. The van der Waals surface area contributed by atoms with Crippen molar-refractivity contribution in [2.24, 2.45) is 0 Å². The second kappa shape index (κ2) is 8.74. The Hall–Kier alpha value is -2.78. The number of benzene rings is 1. The van der Waals surface area contributed by atoms with Gasteiger partial charge in [-0.15, -0.1) is 0 Å². The molecule has 1 aromatic heterocycles. The van der Waals surface area contributed by atoms with Gasteiger partial charge in [0.05, 0.1) is 13.7 Å². The van der Waals surface area contributed by atoms with Crippen molar-refractivity contribution in [3.63, 3.8) is 0 Å². The summed E-state index contributed by atoms with van der Waals surface area (Å²) in [7, 11) is 3.54. The second-order valence-corrected chi connectivity index (χ2v) is 6.29. The maximum Gasteiger partial charge on any atom is 0.321 e. The first-order valence-corrected chi connectivity index (χ1v) is 8.84. The van der Waals surface area contributed by atoms with Gasteiger partial charge in [0.25, 0.3) is 5.91 Å². The molecule has 0 saturated carbocycles. The van der Waals surface area contributed by atoms with E-state index in [2.05, 4.69) is 32.2 Å². The molecule has 0 unspecified atom stereocenters. The minimum atomic E-state index is -0.0353. The van der Waals surface area contributed by atoms with Crippen LogP contribution >= 0.6 is 0 Å². The van der Waals surface area contributed by atoms with E-state index < -0.39 is 0 Å². The van der Waals surface area contributed by atoms with Crippen LogP contribution in [-0.2, 0) is 0 Å². The van der Waals surface area contributed by atoms with Crippen molar-refractivity contribution >= 4 is 11.9 Å². The summed E-state index contributed by atoms with van der Waals surface area (Å²) in [6.07, 6.45) is 0. The zero-order valence-electron chi connectivity index (χ0n) is 15.6. The summed E-state index contributed by atoms with van der Waals surface area (Å²) in [6.45, 7) is 3.54. The number of nitrogens with zero attached hydrogens (tertiary/aromatic N) is 5. The van der Waals surface area contributed by atoms with Crippen LogP contribution in [0, 0.1) is 0 Å². The van der Waals surface area contributed by atoms with Crippen molar-refractivity contribution in [1.82, 2.24) is 24.8 Å². The number of hydrogen-bond donors (Lipinski definition) is 2. The largest absolute Gasteiger partial charge is 0.467 e. The number of nitrogens with one attached hydrogen (secondary N) is 1. The average Bonchev–Trinajstić information content (AvgIpc) is 2.72. The van der Waals surface area contributed by atoms with E-state index in [1.54, 1.807) is 12.1 Å². The van der Waals surface area contributed by atoms with E-state index in [0.717, 1.165) is 31.7 Å². The van der Waals surface area contributed by atoms with Crippen molar-refractivity contribution in [1.29, 1.82) is 0 Å². The van der Waals surface area contributed by atoms with Gasteiger partial charge in [0, 0.05) is 43.9 Å². The molecule has 0 bridgehead atoms. The number of aliphatic hydroxyl groups excluding tert-OH is 1. The molecule has 27 heavy (non-hydrogen) atoms. The molecule has 1 aromatic carbocycles. The Balaban J connectivity index is 1.77. The molecule has 144 valence electrons. The smallest absolute Gasteiger partial charge is 0.321 e. The molecule has 9 nitrogen and oxygen atoms in total. The van der Waals surface area contributed by atoms with Crippen molar-refractivity contribution in [2.45, 2.75) is 0 Å². The lowest BCUT2D eigenvalue weighted by molar-refractivity contribution is 0.0664. The van der Waals surface area contributed by atoms with Gasteiger partial charge in [0.15, 0.2) is 5.82 Å². The maximum atomic E-state index is 12.6. The van der Waals surface area contributed by atoms with Crippen LogP contribution in [0.3, 0.4) is 0 Å². The van der Waals surface area contributed by atoms with Crippen LogP contribution in [0.5, 0.6) is 6.01 Å². The Morgan fingerprint density at radius 1 is 1.15 bits per heavy atom. The Kier molecular flexibility index (Phi) is 6.15. The average molecular weight is 372 g/mol. The Morgan fingerprint density at radius 3 is 2.48 bits per heavy atom. The van der Waals surface area contributed by atoms with Crippen LogP contribution in [-0.4, -0.2) is 89.3 Å². The predicted molar refractivity (Wildman–Crippen MR) is 101 cm³/mol. The molecule has 0 spiro atoms. The first-order chi connectivity index (χ1) is 13.1. The number of carbonyl (C=O) groups excluding carboxylic acids is 1. The minimum absolute atomic E-state index is 0.0353. The molecule has 3 rings (SSSR count). The van der Waals surface area contributed by atoms with Crippen LogP contribution in [0.15, 0.2) is 24.3 Å². The molecule has 2 N–H and O–H groups in total. The second-order valence-electron chi connectivity index (χ2n) is 6.29. The maximum absolute atomic E-state index is 12.6. The molecule has 1 fully saturated rings. The highest BCUT2D eigenvalue weighted by Crippen LogP contribution is 2.20. The molecule has 0 radical (unpaired) electrons. The molecule has 1 aliphatic heterocycles. The van der Waals surface area contributed by atoms with Gasteiger partial charge in [-0.05, 0) is 19.2 Å². The first-order valence-electron chi connectivity index (χ1n) is 8.84. The number of piperazine rings is 1. The van der Waals surface area contributed by atoms with E-state index in [9.17, 15) is 4.79 Å². The van der Waals surface area contributed by atoms with Gasteiger partial charge < -0.3 is 25.0 Å². The van der Waals surface area contributed by atoms with Crippen molar-refractivity contribution in [3.8, 4) is 17.4 Å². The number of hydrogen-bond acceptors (Lipinski definition) is 8. The number of anilines is 1. The zero-order valence-corrected chi connectivity index (χ0v) is 15.6. The van der Waals surface area contributed by atoms with E-state index >= 15 is 0 Å². The minimum Gasteiger partial charge on any atom is -0.467 e. The third kappa shape index (κ3) is 4.69. The van der Waals surface area contributed by atoms with E-state index in [1.807, 2.05) is 17.0 Å². The van der Waals surface area contributed by atoms with Crippen LogP contribution in [0.1, 0.15) is 10.4 Å². The third-order valence-electron chi connectivity index (χ3n) is 4.37. The predicted octanol–water partition coefficient (Wildman–Crippen LogP) is 0.339. The summed E-state index contributed by atoms with van der Waals surface area (Å²) in [5.41, 5.74) is 1.39. The molecule has 2 heterocycles. The fraction of sp³-hybridized carbons (Fsp3) is 0.444. The quantitative estimate of drug-likeness (QED) is 0.748. The van der Waals surface area contributed by atoms with Gasteiger partial charge in [0.1, 0.15) is 0 Å². The SMILES string of the molecule is COc1nc(NCCO)nc(-c2ccc(C(=O)N3CCN(C)CC3)cc2)n1. The van der Waals surface area contributed by atoms with Crippen LogP contribution in [0.25, 0.3) is 11.4 Å². The highest BCUT2D eigenvalue weighted by Gasteiger charge is 2.20. The topological polar surface area (TPSA) is 104 Å². The summed E-state index contributed by atoms with van der Waals surface area (Å²) in [6, 6.07) is 7.38. The van der Waals surface area contributed by atoms with E-state index in [1.165, 1.54) is 7.11 Å². The van der Waals surface area contributed by atoms with Crippen molar-refractivity contribution in [3.05, 3.63) is 29.8 Å². The fourth-order valence-corrected chi connectivity index (χ4v) is 2.78. The summed E-state index contributed by atoms with van der Waals surface area (Å²) >= 11 is 0. The number of ether oxygens (including phenoxy) is 1. The highest BCUT2D eigenvalue weighted by atomic mass is 16.5. The number of rotatable bonds is 6. The number of aromatic nitrogens is 3. The molecule has 9 heteroatoms. The highest BCUT2D eigenvalue weighted by molar-refractivity contribution is 5.94. The van der Waals surface area contributed by atoms with Crippen LogP contribution < -0.4 is 10.1 Å². The van der Waals surface area contributed by atoms with Gasteiger partial charge in [-0.25, -0.2) is 0 Å². The van der Waals surface area contributed by atoms with E-state index in [-0.39, 0.29) is 18.5 Å². The molecule has 0 atom stereocenters.